The topological polar surface area (TPSA) is 0 Å². The Balaban J connectivity index is 2.96. The van der Waals surface area contributed by atoms with Gasteiger partial charge in [0.25, 0.3) is 0 Å². The summed E-state index contributed by atoms with van der Waals surface area (Å²) in [5, 5.41) is 0. The van der Waals surface area contributed by atoms with E-state index >= 15 is 0 Å². The Kier molecular flexibility index (Phi) is 12.5. The Bertz CT molecular complexity index is 99.2. The smallest absolute Gasteiger partial charge is 0.0351 e. The van der Waals surface area contributed by atoms with Crippen LogP contribution in [0, 0.1) is 6.92 Å². The fourth-order valence-electron chi connectivity index (χ4n) is 1.54. The van der Waals surface area contributed by atoms with Crippen LogP contribution >= 0.6 is 0 Å². The van der Waals surface area contributed by atoms with Gasteiger partial charge in [0.1, 0.15) is 0 Å². The second kappa shape index (κ2) is 12.7. The molecule has 0 saturated heterocycles. The van der Waals surface area contributed by atoms with Crippen molar-refractivity contribution in [3.05, 3.63) is 19.1 Å². The van der Waals surface area contributed by atoms with Crippen molar-refractivity contribution in [3.8, 4) is 0 Å². The maximum absolute atomic E-state index is 3.84. The van der Waals surface area contributed by atoms with E-state index in [0.29, 0.717) is 0 Å². The van der Waals surface area contributed by atoms with Crippen LogP contribution < -0.4 is 0 Å². The molecule has 0 rings (SSSR count). The molecule has 83 valence electrons. The van der Waals surface area contributed by atoms with Crippen LogP contribution in [0.4, 0.5) is 0 Å². The summed E-state index contributed by atoms with van der Waals surface area (Å²) in [5.41, 5.74) is 0. The maximum atomic E-state index is 3.84. The van der Waals surface area contributed by atoms with Crippen molar-refractivity contribution >= 4 is 0 Å². The third-order valence-electron chi connectivity index (χ3n) is 2.51. The van der Waals surface area contributed by atoms with Crippen molar-refractivity contribution in [1.82, 2.24) is 0 Å². The van der Waals surface area contributed by atoms with E-state index in [1.54, 1.807) is 0 Å². The number of hydrogen-bond acceptors (Lipinski definition) is 0. The molecule has 0 heterocycles. The third kappa shape index (κ3) is 11.7. The molecule has 0 aliphatic carbocycles. The van der Waals surface area contributed by atoms with Crippen molar-refractivity contribution in [2.75, 3.05) is 0 Å². The minimum atomic E-state index is 1.10. The van der Waals surface area contributed by atoms with Crippen molar-refractivity contribution in [3.63, 3.8) is 0 Å². The number of allylic oxidation sites excluding steroid dienone is 2. The zero-order valence-electron chi connectivity index (χ0n) is 9.93. The summed E-state index contributed by atoms with van der Waals surface area (Å²) in [6.45, 7) is 6.11. The van der Waals surface area contributed by atoms with Crippen LogP contribution in [0.25, 0.3) is 0 Å². The molecule has 0 fully saturated rings. The summed E-state index contributed by atoms with van der Waals surface area (Å²) in [4.78, 5) is 0. The van der Waals surface area contributed by atoms with Gasteiger partial charge < -0.3 is 0 Å². The highest BCUT2D eigenvalue weighted by molar-refractivity contribution is 4.81. The number of hydrogen-bond donors (Lipinski definition) is 0. The fourth-order valence-corrected chi connectivity index (χ4v) is 1.54. The number of unbranched alkanes of at least 4 members (excludes halogenated alkanes) is 8. The predicted molar refractivity (Wildman–Crippen MR) is 66.3 cm³/mol. The van der Waals surface area contributed by atoms with Crippen molar-refractivity contribution in [2.45, 2.75) is 71.1 Å². The molecule has 0 aromatic carbocycles. The van der Waals surface area contributed by atoms with E-state index in [-0.39, 0.29) is 0 Å². The molecule has 0 atom stereocenters. The second-order valence-corrected chi connectivity index (χ2v) is 4.02. The summed E-state index contributed by atoms with van der Waals surface area (Å²) in [5.74, 6) is 0. The van der Waals surface area contributed by atoms with Crippen molar-refractivity contribution in [1.29, 1.82) is 0 Å². The van der Waals surface area contributed by atoms with Crippen LogP contribution in [0.3, 0.4) is 0 Å². The van der Waals surface area contributed by atoms with Gasteiger partial charge in [-0.05, 0) is 25.7 Å². The molecule has 14 heavy (non-hydrogen) atoms. The maximum Gasteiger partial charge on any atom is -0.0351 e. The molecular weight excluding hydrogens is 168 g/mol. The fraction of sp³-hybridized carbons (Fsp3) is 0.786. The second-order valence-electron chi connectivity index (χ2n) is 4.02. The Hall–Kier alpha value is -0.260. The molecule has 0 N–H and O–H groups in total. The van der Waals surface area contributed by atoms with Gasteiger partial charge >= 0.3 is 0 Å². The number of rotatable bonds is 10. The van der Waals surface area contributed by atoms with Crippen molar-refractivity contribution < 1.29 is 0 Å². The molecule has 0 aromatic rings. The van der Waals surface area contributed by atoms with Gasteiger partial charge in [0.15, 0.2) is 0 Å². The largest absolute Gasteiger partial charge is 0.0885 e. The lowest BCUT2D eigenvalue weighted by Crippen LogP contribution is -1.75. The van der Waals surface area contributed by atoms with E-state index in [2.05, 4.69) is 26.0 Å². The van der Waals surface area contributed by atoms with Gasteiger partial charge in [-0.15, -0.1) is 0 Å². The van der Waals surface area contributed by atoms with Gasteiger partial charge in [0.05, 0.1) is 0 Å². The average molecular weight is 195 g/mol. The zero-order valence-corrected chi connectivity index (χ0v) is 9.93. The van der Waals surface area contributed by atoms with Gasteiger partial charge in [-0.25, -0.2) is 0 Å². The minimum Gasteiger partial charge on any atom is -0.0885 e. The van der Waals surface area contributed by atoms with E-state index in [4.69, 9.17) is 0 Å². The molecule has 0 aliphatic rings. The van der Waals surface area contributed by atoms with Gasteiger partial charge in [0, 0.05) is 0 Å². The highest BCUT2D eigenvalue weighted by atomic mass is 13.9. The monoisotopic (exact) mass is 195 g/mol. The standard InChI is InChI=1S/C14H27/c1-3-5-7-9-11-13-14-12-10-8-6-4-2/h13-14H,1,3-12H2,2H3. The summed E-state index contributed by atoms with van der Waals surface area (Å²) in [6.07, 6.45) is 17.9. The highest BCUT2D eigenvalue weighted by Crippen LogP contribution is 2.05. The predicted octanol–water partition coefficient (Wildman–Crippen LogP) is 5.30. The van der Waals surface area contributed by atoms with Crippen LogP contribution in [-0.2, 0) is 0 Å². The molecule has 0 bridgehead atoms. The van der Waals surface area contributed by atoms with Crippen LogP contribution in [0.5, 0.6) is 0 Å². The summed E-state index contributed by atoms with van der Waals surface area (Å²) >= 11 is 0. The Labute approximate surface area is 90.8 Å². The average Bonchev–Trinajstić information content (AvgIpc) is 2.21. The lowest BCUT2D eigenvalue weighted by atomic mass is 10.1. The molecule has 0 amide bonds. The normalized spacial score (nSPS) is 11.3. The minimum absolute atomic E-state index is 1.10. The molecule has 0 saturated carbocycles. The molecular formula is C14H27. The first-order chi connectivity index (χ1) is 6.91. The first-order valence-corrected chi connectivity index (χ1v) is 6.36. The van der Waals surface area contributed by atoms with Gasteiger partial charge in [-0.2, -0.15) is 0 Å². The Morgan fingerprint density at radius 1 is 0.786 bits per heavy atom. The molecule has 0 aliphatic heterocycles. The molecule has 0 nitrogen and oxygen atoms in total. The SMILES string of the molecule is [CH2]CCCCCC=CCCCCCC. The van der Waals surface area contributed by atoms with Crippen molar-refractivity contribution in [2.24, 2.45) is 0 Å². The molecule has 1 radical (unpaired) electrons. The summed E-state index contributed by atoms with van der Waals surface area (Å²) < 4.78 is 0. The van der Waals surface area contributed by atoms with E-state index in [1.165, 1.54) is 57.8 Å². The van der Waals surface area contributed by atoms with E-state index < -0.39 is 0 Å². The molecule has 0 spiro atoms. The third-order valence-corrected chi connectivity index (χ3v) is 2.51. The van der Waals surface area contributed by atoms with Crippen LogP contribution in [0.15, 0.2) is 12.2 Å². The summed E-state index contributed by atoms with van der Waals surface area (Å²) in [6, 6.07) is 0. The van der Waals surface area contributed by atoms with Gasteiger partial charge in [0.2, 0.25) is 0 Å². The quantitative estimate of drug-likeness (QED) is 0.328. The molecule has 0 unspecified atom stereocenters. The van der Waals surface area contributed by atoms with Crippen LogP contribution in [-0.4, -0.2) is 0 Å². The first kappa shape index (κ1) is 13.7. The molecule has 0 heteroatoms. The van der Waals surface area contributed by atoms with Gasteiger partial charge in [-0.3, -0.25) is 0 Å². The highest BCUT2D eigenvalue weighted by Gasteiger charge is 1.86. The van der Waals surface area contributed by atoms with Crippen LogP contribution in [0.2, 0.25) is 0 Å². The first-order valence-electron chi connectivity index (χ1n) is 6.36. The molecule has 0 aromatic heterocycles. The summed E-state index contributed by atoms with van der Waals surface area (Å²) in [7, 11) is 0. The van der Waals surface area contributed by atoms with Gasteiger partial charge in [-0.1, -0.05) is 64.5 Å². The Morgan fingerprint density at radius 2 is 1.36 bits per heavy atom. The van der Waals surface area contributed by atoms with Crippen LogP contribution in [0.1, 0.15) is 71.1 Å². The zero-order chi connectivity index (χ0) is 10.5. The Morgan fingerprint density at radius 3 is 1.86 bits per heavy atom. The van der Waals surface area contributed by atoms with E-state index in [0.717, 1.165) is 6.42 Å². The van der Waals surface area contributed by atoms with E-state index in [1.807, 2.05) is 0 Å². The lowest BCUT2D eigenvalue weighted by Gasteiger charge is -1.95. The lowest BCUT2D eigenvalue weighted by molar-refractivity contribution is 0.670. The van der Waals surface area contributed by atoms with E-state index in [9.17, 15) is 0 Å².